The van der Waals surface area contributed by atoms with Crippen molar-refractivity contribution in [2.24, 2.45) is 10.1 Å². The minimum atomic E-state index is 0.191. The molecule has 0 N–H and O–H groups in total. The second kappa shape index (κ2) is 7.94. The van der Waals surface area contributed by atoms with Crippen molar-refractivity contribution >= 4 is 17.6 Å². The molecule has 1 aromatic heterocycles. The van der Waals surface area contributed by atoms with E-state index in [-0.39, 0.29) is 6.04 Å². The number of aryl methyl sites for hydroxylation is 1. The summed E-state index contributed by atoms with van der Waals surface area (Å²) in [5.41, 5.74) is 4.92. The Hall–Kier alpha value is -2.97. The first-order valence-electron chi connectivity index (χ1n) is 8.43. The van der Waals surface area contributed by atoms with Crippen molar-refractivity contribution in [3.05, 3.63) is 75.4 Å². The van der Waals surface area contributed by atoms with Gasteiger partial charge in [-0.15, -0.1) is 11.3 Å². The van der Waals surface area contributed by atoms with E-state index >= 15 is 0 Å². The Balaban J connectivity index is 2.05. The largest absolute Gasteiger partial charge is 0.255 e. The number of rotatable bonds is 4. The molecule has 4 nitrogen and oxygen atoms in total. The van der Waals surface area contributed by atoms with E-state index in [0.717, 1.165) is 21.6 Å². The van der Waals surface area contributed by atoms with Gasteiger partial charge in [-0.05, 0) is 38.5 Å². The third kappa shape index (κ3) is 4.16. The summed E-state index contributed by atoms with van der Waals surface area (Å²) in [5.74, 6) is 0. The predicted molar refractivity (Wildman–Crippen MR) is 107 cm³/mol. The van der Waals surface area contributed by atoms with Gasteiger partial charge in [0.25, 0.3) is 0 Å². The Morgan fingerprint density at radius 2 is 1.77 bits per heavy atom. The van der Waals surface area contributed by atoms with Gasteiger partial charge in [0.2, 0.25) is 4.80 Å². The molecular weight excluding hydrogens is 340 g/mol. The molecule has 0 unspecified atom stereocenters. The Kier molecular flexibility index (Phi) is 5.45. The molecule has 0 aliphatic rings. The third-order valence-corrected chi connectivity index (χ3v) is 4.59. The van der Waals surface area contributed by atoms with Crippen LogP contribution in [-0.2, 0) is 0 Å². The van der Waals surface area contributed by atoms with E-state index in [0.29, 0.717) is 5.56 Å². The molecule has 0 aliphatic heterocycles. The summed E-state index contributed by atoms with van der Waals surface area (Å²) < 4.78 is 1.88. The number of aromatic nitrogens is 1. The van der Waals surface area contributed by atoms with Gasteiger partial charge in [-0.2, -0.15) is 10.4 Å². The SMILES string of the molecule is Cc1ccc(-c2csc(=NC(C)C)n2N=Cc2ccc(C#N)cc2)cc1. The van der Waals surface area contributed by atoms with E-state index in [1.54, 1.807) is 29.7 Å². The van der Waals surface area contributed by atoms with Gasteiger partial charge in [0.05, 0.1) is 23.5 Å². The normalized spacial score (nSPS) is 12.0. The lowest BCUT2D eigenvalue weighted by atomic mass is 10.1. The number of benzene rings is 2. The standard InChI is InChI=1S/C21H20N4S/c1-15(2)24-21-25(23-13-18-8-6-17(12-22)7-9-18)20(14-26-21)19-10-4-16(3)5-11-19/h4-11,13-15H,1-3H3. The van der Waals surface area contributed by atoms with Gasteiger partial charge in [-0.25, -0.2) is 4.68 Å². The van der Waals surface area contributed by atoms with E-state index in [1.165, 1.54) is 5.56 Å². The molecule has 0 saturated heterocycles. The van der Waals surface area contributed by atoms with Crippen molar-refractivity contribution in [2.45, 2.75) is 26.8 Å². The van der Waals surface area contributed by atoms with E-state index in [1.807, 2.05) is 16.8 Å². The molecule has 26 heavy (non-hydrogen) atoms. The van der Waals surface area contributed by atoms with Crippen molar-refractivity contribution in [3.8, 4) is 17.3 Å². The van der Waals surface area contributed by atoms with Crippen LogP contribution in [-0.4, -0.2) is 16.9 Å². The Morgan fingerprint density at radius 3 is 2.38 bits per heavy atom. The number of thiazole rings is 1. The first kappa shape index (κ1) is 17.8. The van der Waals surface area contributed by atoms with Crippen LogP contribution >= 0.6 is 11.3 Å². The maximum Gasteiger partial charge on any atom is 0.206 e. The second-order valence-electron chi connectivity index (χ2n) is 6.28. The summed E-state index contributed by atoms with van der Waals surface area (Å²) in [6, 6.07) is 18.1. The van der Waals surface area contributed by atoms with Gasteiger partial charge in [-0.1, -0.05) is 42.0 Å². The molecule has 0 aliphatic carbocycles. The lowest BCUT2D eigenvalue weighted by molar-refractivity contribution is 0.754. The summed E-state index contributed by atoms with van der Waals surface area (Å²) in [6.07, 6.45) is 1.80. The molecule has 0 bridgehead atoms. The van der Waals surface area contributed by atoms with Gasteiger partial charge < -0.3 is 0 Å². The Labute approximate surface area is 157 Å². The quantitative estimate of drug-likeness (QED) is 0.628. The van der Waals surface area contributed by atoms with E-state index < -0.39 is 0 Å². The lowest BCUT2D eigenvalue weighted by Crippen LogP contribution is -2.14. The average Bonchev–Trinajstić information content (AvgIpc) is 3.03. The predicted octanol–water partition coefficient (Wildman–Crippen LogP) is 4.59. The molecule has 0 fully saturated rings. The van der Waals surface area contributed by atoms with Crippen LogP contribution in [0, 0.1) is 18.3 Å². The zero-order chi connectivity index (χ0) is 18.5. The molecule has 2 aromatic carbocycles. The smallest absolute Gasteiger partial charge is 0.206 e. The van der Waals surface area contributed by atoms with E-state index in [4.69, 9.17) is 5.26 Å². The fraction of sp³-hybridized carbons (Fsp3) is 0.190. The fourth-order valence-electron chi connectivity index (χ4n) is 2.41. The molecule has 3 aromatic rings. The third-order valence-electron chi connectivity index (χ3n) is 3.76. The molecule has 0 spiro atoms. The van der Waals surface area contributed by atoms with Gasteiger partial charge in [0.1, 0.15) is 0 Å². The van der Waals surface area contributed by atoms with Crippen LogP contribution in [0.5, 0.6) is 0 Å². The maximum absolute atomic E-state index is 8.91. The van der Waals surface area contributed by atoms with E-state index in [2.05, 4.69) is 66.6 Å². The number of nitrogens with zero attached hydrogens (tertiary/aromatic N) is 4. The summed E-state index contributed by atoms with van der Waals surface area (Å²) in [7, 11) is 0. The number of nitriles is 1. The van der Waals surface area contributed by atoms with Gasteiger partial charge in [-0.3, -0.25) is 4.99 Å². The summed E-state index contributed by atoms with van der Waals surface area (Å²) in [5, 5.41) is 15.7. The number of hydrogen-bond acceptors (Lipinski definition) is 4. The molecular formula is C21H20N4S. The van der Waals surface area contributed by atoms with Gasteiger partial charge >= 0.3 is 0 Å². The Bertz CT molecular complexity index is 1010. The van der Waals surface area contributed by atoms with Crippen LogP contribution in [0.1, 0.15) is 30.5 Å². The number of hydrogen-bond donors (Lipinski definition) is 0. The van der Waals surface area contributed by atoms with Crippen molar-refractivity contribution in [3.63, 3.8) is 0 Å². The van der Waals surface area contributed by atoms with Crippen LogP contribution in [0.2, 0.25) is 0 Å². The minimum Gasteiger partial charge on any atom is -0.255 e. The molecule has 1 heterocycles. The maximum atomic E-state index is 8.91. The summed E-state index contributed by atoms with van der Waals surface area (Å²) >= 11 is 1.58. The van der Waals surface area contributed by atoms with Crippen LogP contribution in [0.3, 0.4) is 0 Å². The topological polar surface area (TPSA) is 53.4 Å². The molecule has 3 rings (SSSR count). The van der Waals surface area contributed by atoms with E-state index in [9.17, 15) is 0 Å². The fourth-order valence-corrected chi connectivity index (χ4v) is 3.38. The highest BCUT2D eigenvalue weighted by Gasteiger charge is 2.07. The van der Waals surface area contributed by atoms with Crippen LogP contribution in [0.25, 0.3) is 11.3 Å². The first-order valence-corrected chi connectivity index (χ1v) is 9.31. The average molecular weight is 360 g/mol. The Morgan fingerprint density at radius 1 is 1.08 bits per heavy atom. The van der Waals surface area contributed by atoms with Crippen molar-refractivity contribution in [1.29, 1.82) is 5.26 Å². The van der Waals surface area contributed by atoms with Crippen LogP contribution < -0.4 is 4.80 Å². The van der Waals surface area contributed by atoms with Crippen molar-refractivity contribution < 1.29 is 0 Å². The molecule has 0 saturated carbocycles. The van der Waals surface area contributed by atoms with Crippen molar-refractivity contribution in [2.75, 3.05) is 0 Å². The highest BCUT2D eigenvalue weighted by atomic mass is 32.1. The molecule has 0 atom stereocenters. The second-order valence-corrected chi connectivity index (χ2v) is 7.12. The minimum absolute atomic E-state index is 0.191. The van der Waals surface area contributed by atoms with Crippen LogP contribution in [0.15, 0.2) is 64.0 Å². The zero-order valence-electron chi connectivity index (χ0n) is 15.0. The molecule has 0 amide bonds. The van der Waals surface area contributed by atoms with Crippen molar-refractivity contribution in [1.82, 2.24) is 4.68 Å². The summed E-state index contributed by atoms with van der Waals surface area (Å²) in [6.45, 7) is 6.19. The van der Waals surface area contributed by atoms with Gasteiger partial charge in [0, 0.05) is 17.0 Å². The first-order chi connectivity index (χ1) is 12.6. The van der Waals surface area contributed by atoms with Gasteiger partial charge in [0.15, 0.2) is 0 Å². The monoisotopic (exact) mass is 360 g/mol. The molecule has 0 radical (unpaired) electrons. The highest BCUT2D eigenvalue weighted by Crippen LogP contribution is 2.20. The summed E-state index contributed by atoms with van der Waals surface area (Å²) in [4.78, 5) is 5.55. The molecule has 5 heteroatoms. The highest BCUT2D eigenvalue weighted by molar-refractivity contribution is 7.07. The lowest BCUT2D eigenvalue weighted by Gasteiger charge is -2.05. The van der Waals surface area contributed by atoms with Crippen LogP contribution in [0.4, 0.5) is 0 Å². The zero-order valence-corrected chi connectivity index (χ0v) is 15.9. The molecule has 130 valence electrons.